The lowest BCUT2D eigenvalue weighted by molar-refractivity contribution is 0.133. The fraction of sp³-hybridized carbons (Fsp3) is 0.647. The van der Waals surface area contributed by atoms with Crippen molar-refractivity contribution in [3.05, 3.63) is 29.3 Å². The van der Waals surface area contributed by atoms with Crippen molar-refractivity contribution in [1.82, 2.24) is 10.2 Å². The van der Waals surface area contributed by atoms with E-state index in [0.717, 1.165) is 18.7 Å². The lowest BCUT2D eigenvalue weighted by atomic mass is 10.00. The van der Waals surface area contributed by atoms with Crippen LogP contribution in [0.4, 0.5) is 0 Å². The van der Waals surface area contributed by atoms with E-state index in [9.17, 15) is 0 Å². The van der Waals surface area contributed by atoms with Crippen LogP contribution in [-0.4, -0.2) is 36.7 Å². The molecule has 0 amide bonds. The Labute approximate surface area is 134 Å². The average Bonchev–Trinajstić information content (AvgIpc) is 2.75. The van der Waals surface area contributed by atoms with Gasteiger partial charge in [0.25, 0.3) is 0 Å². The van der Waals surface area contributed by atoms with E-state index in [0.29, 0.717) is 6.04 Å². The van der Waals surface area contributed by atoms with Crippen molar-refractivity contribution in [3.8, 4) is 5.75 Å². The second-order valence-corrected chi connectivity index (χ2v) is 6.78. The van der Waals surface area contributed by atoms with Crippen LogP contribution in [0.15, 0.2) is 18.2 Å². The zero-order valence-electron chi connectivity index (χ0n) is 13.3. The minimum absolute atomic E-state index is 0. The highest BCUT2D eigenvalue weighted by molar-refractivity contribution is 5.85. The van der Waals surface area contributed by atoms with Gasteiger partial charge in [0, 0.05) is 24.6 Å². The summed E-state index contributed by atoms with van der Waals surface area (Å²) in [5, 5.41) is 3.39. The number of halogens is 1. The van der Waals surface area contributed by atoms with Crippen LogP contribution in [0.5, 0.6) is 5.75 Å². The number of hydrogen-bond donors (Lipinski definition) is 1. The molecule has 1 aromatic carbocycles. The molecule has 3 nitrogen and oxygen atoms in total. The van der Waals surface area contributed by atoms with Crippen molar-refractivity contribution < 1.29 is 4.74 Å². The van der Waals surface area contributed by atoms with E-state index in [1.165, 1.54) is 37.1 Å². The number of rotatable bonds is 3. The minimum Gasteiger partial charge on any atom is -0.487 e. The lowest BCUT2D eigenvalue weighted by Crippen LogP contribution is -2.40. The van der Waals surface area contributed by atoms with Gasteiger partial charge in [0.1, 0.15) is 11.4 Å². The van der Waals surface area contributed by atoms with Crippen molar-refractivity contribution in [2.24, 2.45) is 0 Å². The molecule has 0 atom stereocenters. The maximum Gasteiger partial charge on any atom is 0.127 e. The van der Waals surface area contributed by atoms with E-state index >= 15 is 0 Å². The highest BCUT2D eigenvalue weighted by Crippen LogP contribution is 2.38. The van der Waals surface area contributed by atoms with Crippen LogP contribution in [0.1, 0.15) is 37.8 Å². The molecule has 1 saturated heterocycles. The maximum atomic E-state index is 6.17. The topological polar surface area (TPSA) is 24.5 Å². The minimum atomic E-state index is -0.0441. The first-order valence-electron chi connectivity index (χ1n) is 7.77. The molecule has 0 saturated carbocycles. The quantitative estimate of drug-likeness (QED) is 0.929. The molecule has 1 aromatic rings. The van der Waals surface area contributed by atoms with Crippen LogP contribution in [0, 0.1) is 0 Å². The summed E-state index contributed by atoms with van der Waals surface area (Å²) in [6.07, 6.45) is 3.52. The Bertz CT molecular complexity index is 482. The van der Waals surface area contributed by atoms with Crippen LogP contribution in [0.25, 0.3) is 0 Å². The summed E-state index contributed by atoms with van der Waals surface area (Å²) in [7, 11) is 2.07. The highest BCUT2D eigenvalue weighted by Gasteiger charge is 2.32. The summed E-state index contributed by atoms with van der Waals surface area (Å²) in [6, 6.07) is 7.31. The number of ether oxygens (including phenoxy) is 1. The average molecular weight is 311 g/mol. The summed E-state index contributed by atoms with van der Waals surface area (Å²) in [6.45, 7) is 7.73. The monoisotopic (exact) mass is 310 g/mol. The van der Waals surface area contributed by atoms with Gasteiger partial charge < -0.3 is 10.1 Å². The number of para-hydroxylation sites is 1. The summed E-state index contributed by atoms with van der Waals surface area (Å²) < 4.78 is 6.17. The molecular formula is C17H27ClN2O. The summed E-state index contributed by atoms with van der Waals surface area (Å²) >= 11 is 0. The number of benzene rings is 1. The van der Waals surface area contributed by atoms with Crippen molar-refractivity contribution in [2.75, 3.05) is 20.1 Å². The van der Waals surface area contributed by atoms with Gasteiger partial charge in [-0.3, -0.25) is 4.90 Å². The molecule has 0 aromatic heterocycles. The molecule has 3 rings (SSSR count). The second kappa shape index (κ2) is 6.55. The lowest BCUT2D eigenvalue weighted by Gasteiger charge is -2.32. The Morgan fingerprint density at radius 2 is 2.00 bits per heavy atom. The van der Waals surface area contributed by atoms with Gasteiger partial charge in [-0.15, -0.1) is 12.4 Å². The van der Waals surface area contributed by atoms with Crippen LogP contribution in [-0.2, 0) is 13.0 Å². The van der Waals surface area contributed by atoms with Gasteiger partial charge in [-0.2, -0.15) is 0 Å². The summed E-state index contributed by atoms with van der Waals surface area (Å²) in [5.41, 5.74) is 2.69. The third kappa shape index (κ3) is 3.71. The second-order valence-electron chi connectivity index (χ2n) is 6.78. The van der Waals surface area contributed by atoms with Crippen molar-refractivity contribution in [1.29, 1.82) is 0 Å². The van der Waals surface area contributed by atoms with E-state index < -0.39 is 0 Å². The van der Waals surface area contributed by atoms with Crippen LogP contribution in [0.3, 0.4) is 0 Å². The Hall–Kier alpha value is -0.770. The number of nitrogens with one attached hydrogen (secondary N) is 1. The molecule has 4 heteroatoms. The van der Waals surface area contributed by atoms with Gasteiger partial charge in [-0.05, 0) is 52.4 Å². The predicted octanol–water partition coefficient (Wildman–Crippen LogP) is 3.01. The van der Waals surface area contributed by atoms with E-state index in [4.69, 9.17) is 4.74 Å². The number of piperidine rings is 1. The van der Waals surface area contributed by atoms with E-state index in [2.05, 4.69) is 49.3 Å². The van der Waals surface area contributed by atoms with Crippen LogP contribution < -0.4 is 10.1 Å². The molecule has 1 N–H and O–H groups in total. The fourth-order valence-electron chi connectivity index (χ4n) is 3.42. The molecule has 0 spiro atoms. The van der Waals surface area contributed by atoms with Gasteiger partial charge in [-0.1, -0.05) is 18.2 Å². The molecule has 0 bridgehead atoms. The van der Waals surface area contributed by atoms with Crippen molar-refractivity contribution in [2.45, 2.75) is 51.3 Å². The Balaban J connectivity index is 0.00000161. The first kappa shape index (κ1) is 16.6. The number of nitrogens with zero attached hydrogens (tertiary/aromatic N) is 1. The third-order valence-electron chi connectivity index (χ3n) is 4.56. The molecule has 118 valence electrons. The summed E-state index contributed by atoms with van der Waals surface area (Å²) in [4.78, 5) is 2.55. The first-order valence-corrected chi connectivity index (χ1v) is 7.77. The van der Waals surface area contributed by atoms with Gasteiger partial charge in [0.2, 0.25) is 0 Å². The zero-order valence-corrected chi connectivity index (χ0v) is 14.1. The molecule has 2 aliphatic heterocycles. The van der Waals surface area contributed by atoms with Crippen molar-refractivity contribution in [3.63, 3.8) is 0 Å². The largest absolute Gasteiger partial charge is 0.487 e. The predicted molar refractivity (Wildman–Crippen MR) is 89.5 cm³/mol. The first-order chi connectivity index (χ1) is 9.57. The highest BCUT2D eigenvalue weighted by atomic mass is 35.5. The van der Waals surface area contributed by atoms with E-state index in [1.54, 1.807) is 0 Å². The molecule has 2 heterocycles. The SMILES string of the molecule is CNC1CCN(Cc2cccc3c2OC(C)(C)C3)CC1.Cl. The Morgan fingerprint density at radius 1 is 1.29 bits per heavy atom. The standard InChI is InChI=1S/C17H26N2O.ClH/c1-17(2)11-13-5-4-6-14(16(13)20-17)12-19-9-7-15(18-3)8-10-19;/h4-6,15,18H,7-12H2,1-3H3;1H. The van der Waals surface area contributed by atoms with Gasteiger partial charge in [0.15, 0.2) is 0 Å². The van der Waals surface area contributed by atoms with E-state index in [-0.39, 0.29) is 18.0 Å². The fourth-order valence-corrected chi connectivity index (χ4v) is 3.42. The van der Waals surface area contributed by atoms with Gasteiger partial charge >= 0.3 is 0 Å². The maximum absolute atomic E-state index is 6.17. The van der Waals surface area contributed by atoms with Crippen LogP contribution >= 0.6 is 12.4 Å². The molecule has 0 aliphatic carbocycles. The Kier molecular flexibility index (Phi) is 5.18. The zero-order chi connectivity index (χ0) is 14.2. The molecule has 2 aliphatic rings. The number of fused-ring (bicyclic) bond motifs is 1. The smallest absolute Gasteiger partial charge is 0.127 e. The van der Waals surface area contributed by atoms with Crippen LogP contribution in [0.2, 0.25) is 0 Å². The Morgan fingerprint density at radius 3 is 2.67 bits per heavy atom. The van der Waals surface area contributed by atoms with Crippen molar-refractivity contribution >= 4 is 12.4 Å². The number of likely N-dealkylation sites (tertiary alicyclic amines) is 1. The molecule has 0 radical (unpaired) electrons. The molecular weight excluding hydrogens is 284 g/mol. The third-order valence-corrected chi connectivity index (χ3v) is 4.56. The molecule has 1 fully saturated rings. The normalized spacial score (nSPS) is 21.5. The molecule has 21 heavy (non-hydrogen) atoms. The van der Waals surface area contributed by atoms with E-state index in [1.807, 2.05) is 0 Å². The van der Waals surface area contributed by atoms with Gasteiger partial charge in [-0.25, -0.2) is 0 Å². The number of hydrogen-bond acceptors (Lipinski definition) is 3. The summed E-state index contributed by atoms with van der Waals surface area (Å²) in [5.74, 6) is 1.15. The molecule has 0 unspecified atom stereocenters. The van der Waals surface area contributed by atoms with Gasteiger partial charge in [0.05, 0.1) is 0 Å².